The fourth-order valence-corrected chi connectivity index (χ4v) is 3.63. The van der Waals surface area contributed by atoms with E-state index in [0.29, 0.717) is 25.7 Å². The second-order valence-corrected chi connectivity index (χ2v) is 6.94. The van der Waals surface area contributed by atoms with E-state index in [1.807, 2.05) is 18.2 Å². The smallest absolute Gasteiger partial charge is 0.226 e. The lowest BCUT2D eigenvalue weighted by Gasteiger charge is -2.26. The summed E-state index contributed by atoms with van der Waals surface area (Å²) in [4.78, 5) is 12.4. The molecule has 0 aromatic heterocycles. The van der Waals surface area contributed by atoms with Gasteiger partial charge in [0.15, 0.2) is 11.5 Å². The van der Waals surface area contributed by atoms with Gasteiger partial charge in [0.2, 0.25) is 5.91 Å². The molecule has 1 aliphatic heterocycles. The standard InChI is InChI=1S/C20H29NO4/c1-23-18-10-5-7-15-13-16(14-25-19(15)18)20(22)21-11-6-12-24-17-8-3-2-4-9-17/h5,7,10,16-17H,2-4,6,8-9,11-14H2,1H3,(H,21,22)/t16-/m0/s1. The summed E-state index contributed by atoms with van der Waals surface area (Å²) < 4.78 is 17.0. The third-order valence-electron chi connectivity index (χ3n) is 5.07. The van der Waals surface area contributed by atoms with Crippen LogP contribution >= 0.6 is 0 Å². The molecule has 1 N–H and O–H groups in total. The number of carbonyl (C=O) groups excluding carboxylic acids is 1. The number of ether oxygens (including phenoxy) is 3. The lowest BCUT2D eigenvalue weighted by atomic mass is 9.95. The van der Waals surface area contributed by atoms with Crippen LogP contribution < -0.4 is 14.8 Å². The minimum Gasteiger partial charge on any atom is -0.493 e. The van der Waals surface area contributed by atoms with Gasteiger partial charge in [0.1, 0.15) is 6.61 Å². The second-order valence-electron chi connectivity index (χ2n) is 6.94. The molecule has 0 bridgehead atoms. The molecule has 1 aromatic rings. The minimum atomic E-state index is -0.140. The number of para-hydroxylation sites is 1. The van der Waals surface area contributed by atoms with Gasteiger partial charge in [-0.3, -0.25) is 4.79 Å². The lowest BCUT2D eigenvalue weighted by molar-refractivity contribution is -0.126. The van der Waals surface area contributed by atoms with Crippen LogP contribution in [0, 0.1) is 5.92 Å². The number of benzene rings is 1. The fourth-order valence-electron chi connectivity index (χ4n) is 3.63. The van der Waals surface area contributed by atoms with E-state index in [1.165, 1.54) is 32.1 Å². The SMILES string of the molecule is COc1cccc2c1OC[C@@H](C(=O)NCCCOC1CCCCC1)C2. The van der Waals surface area contributed by atoms with Crippen molar-refractivity contribution in [3.63, 3.8) is 0 Å². The molecule has 1 aromatic carbocycles. The number of hydrogen-bond donors (Lipinski definition) is 1. The molecule has 1 fully saturated rings. The van der Waals surface area contributed by atoms with E-state index in [2.05, 4.69) is 5.32 Å². The van der Waals surface area contributed by atoms with Crippen LogP contribution in [0.15, 0.2) is 18.2 Å². The summed E-state index contributed by atoms with van der Waals surface area (Å²) in [7, 11) is 1.63. The van der Waals surface area contributed by atoms with Crippen molar-refractivity contribution in [1.29, 1.82) is 0 Å². The Labute approximate surface area is 150 Å². The summed E-state index contributed by atoms with van der Waals surface area (Å²) in [5.41, 5.74) is 1.03. The van der Waals surface area contributed by atoms with E-state index in [4.69, 9.17) is 14.2 Å². The maximum Gasteiger partial charge on any atom is 0.226 e. The fraction of sp³-hybridized carbons (Fsp3) is 0.650. The molecule has 0 radical (unpaired) electrons. The molecule has 1 aliphatic carbocycles. The molecular weight excluding hydrogens is 318 g/mol. The molecule has 0 spiro atoms. The van der Waals surface area contributed by atoms with E-state index < -0.39 is 0 Å². The molecule has 5 heteroatoms. The largest absolute Gasteiger partial charge is 0.493 e. The van der Waals surface area contributed by atoms with Gasteiger partial charge in [-0.05, 0) is 37.3 Å². The van der Waals surface area contributed by atoms with Gasteiger partial charge in [0.25, 0.3) is 0 Å². The minimum absolute atomic E-state index is 0.0612. The number of amides is 1. The predicted molar refractivity (Wildman–Crippen MR) is 96.1 cm³/mol. The first-order chi connectivity index (χ1) is 12.3. The summed E-state index contributed by atoms with van der Waals surface area (Å²) in [6.45, 7) is 1.79. The number of rotatable bonds is 7. The van der Waals surface area contributed by atoms with Crippen molar-refractivity contribution in [3.8, 4) is 11.5 Å². The molecule has 1 saturated carbocycles. The molecular formula is C20H29NO4. The number of hydrogen-bond acceptors (Lipinski definition) is 4. The molecule has 25 heavy (non-hydrogen) atoms. The number of methoxy groups -OCH3 is 1. The van der Waals surface area contributed by atoms with Gasteiger partial charge in [0, 0.05) is 13.2 Å². The molecule has 0 saturated heterocycles. The lowest BCUT2D eigenvalue weighted by Crippen LogP contribution is -2.38. The van der Waals surface area contributed by atoms with E-state index in [9.17, 15) is 4.79 Å². The highest BCUT2D eigenvalue weighted by atomic mass is 16.5. The van der Waals surface area contributed by atoms with E-state index in [1.54, 1.807) is 7.11 Å². The Bertz CT molecular complexity index is 569. The zero-order chi connectivity index (χ0) is 17.5. The topological polar surface area (TPSA) is 56.8 Å². The van der Waals surface area contributed by atoms with Crippen molar-refractivity contribution >= 4 is 5.91 Å². The Morgan fingerprint density at radius 3 is 2.92 bits per heavy atom. The predicted octanol–water partition coefficient (Wildman–Crippen LogP) is 3.10. The van der Waals surface area contributed by atoms with Gasteiger partial charge >= 0.3 is 0 Å². The van der Waals surface area contributed by atoms with Gasteiger partial charge in [-0.25, -0.2) is 0 Å². The van der Waals surface area contributed by atoms with Gasteiger partial charge in [-0.1, -0.05) is 31.4 Å². The van der Waals surface area contributed by atoms with Crippen molar-refractivity contribution in [2.24, 2.45) is 5.92 Å². The highest BCUT2D eigenvalue weighted by Crippen LogP contribution is 2.36. The zero-order valence-corrected chi connectivity index (χ0v) is 15.1. The maximum absolute atomic E-state index is 12.4. The van der Waals surface area contributed by atoms with Gasteiger partial charge < -0.3 is 19.5 Å². The first kappa shape index (κ1) is 18.1. The van der Waals surface area contributed by atoms with Crippen molar-refractivity contribution in [3.05, 3.63) is 23.8 Å². The molecule has 1 amide bonds. The Morgan fingerprint density at radius 1 is 1.28 bits per heavy atom. The molecule has 5 nitrogen and oxygen atoms in total. The van der Waals surface area contributed by atoms with E-state index >= 15 is 0 Å². The van der Waals surface area contributed by atoms with Crippen molar-refractivity contribution in [2.75, 3.05) is 26.9 Å². The zero-order valence-electron chi connectivity index (χ0n) is 15.1. The molecule has 0 unspecified atom stereocenters. The van der Waals surface area contributed by atoms with Crippen LogP contribution in [0.4, 0.5) is 0 Å². The molecule has 1 atom stereocenters. The third-order valence-corrected chi connectivity index (χ3v) is 5.07. The van der Waals surface area contributed by atoms with E-state index in [-0.39, 0.29) is 11.8 Å². The molecule has 2 aliphatic rings. The summed E-state index contributed by atoms with van der Waals surface area (Å²) in [6.07, 6.45) is 8.28. The Hall–Kier alpha value is -1.75. The molecule has 138 valence electrons. The number of carbonyl (C=O) groups is 1. The second kappa shape index (κ2) is 9.09. The average molecular weight is 347 g/mol. The highest BCUT2D eigenvalue weighted by Gasteiger charge is 2.27. The Kier molecular flexibility index (Phi) is 6.56. The van der Waals surface area contributed by atoms with Crippen LogP contribution in [0.3, 0.4) is 0 Å². The third kappa shape index (κ3) is 4.88. The van der Waals surface area contributed by atoms with Crippen LogP contribution in [0.2, 0.25) is 0 Å². The maximum atomic E-state index is 12.4. The van der Waals surface area contributed by atoms with Crippen LogP contribution in [-0.4, -0.2) is 38.9 Å². The monoisotopic (exact) mass is 347 g/mol. The summed E-state index contributed by atoms with van der Waals surface area (Å²) in [6, 6.07) is 5.81. The number of nitrogens with one attached hydrogen (secondary N) is 1. The van der Waals surface area contributed by atoms with Crippen LogP contribution in [0.5, 0.6) is 11.5 Å². The van der Waals surface area contributed by atoms with E-state index in [0.717, 1.165) is 30.1 Å². The van der Waals surface area contributed by atoms with Crippen molar-refractivity contribution < 1.29 is 19.0 Å². The first-order valence-corrected chi connectivity index (χ1v) is 9.46. The Morgan fingerprint density at radius 2 is 2.12 bits per heavy atom. The summed E-state index contributed by atoms with van der Waals surface area (Å²) in [5, 5.41) is 3.02. The molecule has 1 heterocycles. The van der Waals surface area contributed by atoms with Gasteiger partial charge in [-0.2, -0.15) is 0 Å². The summed E-state index contributed by atoms with van der Waals surface area (Å²) >= 11 is 0. The van der Waals surface area contributed by atoms with Gasteiger partial charge in [-0.15, -0.1) is 0 Å². The van der Waals surface area contributed by atoms with Crippen LogP contribution in [-0.2, 0) is 16.0 Å². The Balaban J connectivity index is 1.37. The van der Waals surface area contributed by atoms with Crippen molar-refractivity contribution in [1.82, 2.24) is 5.32 Å². The highest BCUT2D eigenvalue weighted by molar-refractivity contribution is 5.79. The summed E-state index contributed by atoms with van der Waals surface area (Å²) in [5.74, 6) is 1.43. The molecule has 3 rings (SSSR count). The normalized spacial score (nSPS) is 20.4. The first-order valence-electron chi connectivity index (χ1n) is 9.46. The van der Waals surface area contributed by atoms with Crippen LogP contribution in [0.25, 0.3) is 0 Å². The van der Waals surface area contributed by atoms with Crippen LogP contribution in [0.1, 0.15) is 44.1 Å². The van der Waals surface area contributed by atoms with Crippen molar-refractivity contribution in [2.45, 2.75) is 51.0 Å². The van der Waals surface area contributed by atoms with Gasteiger partial charge in [0.05, 0.1) is 19.1 Å². The quantitative estimate of drug-likeness (QED) is 0.770. The number of fused-ring (bicyclic) bond motifs is 1. The average Bonchev–Trinajstić information content (AvgIpc) is 2.67.